The molecule has 0 saturated carbocycles. The lowest BCUT2D eigenvalue weighted by molar-refractivity contribution is 0.287. The summed E-state index contributed by atoms with van der Waals surface area (Å²) in [6, 6.07) is 6.18. The van der Waals surface area contributed by atoms with Crippen LogP contribution in [0.2, 0.25) is 0 Å². The van der Waals surface area contributed by atoms with E-state index in [1.165, 1.54) is 11.1 Å². The molecular weight excluding hydrogens is 262 g/mol. The molecule has 2 aromatic rings. The lowest BCUT2D eigenvalue weighted by Crippen LogP contribution is -2.34. The van der Waals surface area contributed by atoms with Gasteiger partial charge in [0.05, 0.1) is 12.8 Å². The molecule has 0 aliphatic rings. The molecular formula is C17H25N3O. The molecule has 0 aliphatic heterocycles. The quantitative estimate of drug-likeness (QED) is 0.886. The molecule has 0 unspecified atom stereocenters. The molecule has 0 aliphatic carbocycles. The number of pyridine rings is 1. The Morgan fingerprint density at radius 2 is 2.05 bits per heavy atom. The predicted molar refractivity (Wildman–Crippen MR) is 84.7 cm³/mol. The van der Waals surface area contributed by atoms with Gasteiger partial charge in [0.2, 0.25) is 0 Å². The van der Waals surface area contributed by atoms with Crippen molar-refractivity contribution in [2.75, 3.05) is 7.05 Å². The summed E-state index contributed by atoms with van der Waals surface area (Å²) >= 11 is 0. The van der Waals surface area contributed by atoms with Gasteiger partial charge in [-0.3, -0.25) is 9.88 Å². The minimum absolute atomic E-state index is 0.120. The second kappa shape index (κ2) is 6.87. The average molecular weight is 287 g/mol. The largest absolute Gasteiger partial charge is 0.468 e. The summed E-state index contributed by atoms with van der Waals surface area (Å²) in [6.45, 7) is 8.98. The first kappa shape index (κ1) is 15.7. The van der Waals surface area contributed by atoms with Gasteiger partial charge in [-0.1, -0.05) is 6.07 Å². The number of hydrogen-bond acceptors (Lipinski definition) is 4. The van der Waals surface area contributed by atoms with E-state index in [9.17, 15) is 0 Å². The molecule has 0 atom stereocenters. The van der Waals surface area contributed by atoms with Crippen LogP contribution >= 0.6 is 0 Å². The van der Waals surface area contributed by atoms with Gasteiger partial charge < -0.3 is 9.73 Å². The van der Waals surface area contributed by atoms with E-state index in [1.807, 2.05) is 18.5 Å². The fraction of sp³-hybridized carbons (Fsp3) is 0.471. The lowest BCUT2D eigenvalue weighted by Gasteiger charge is -2.19. The van der Waals surface area contributed by atoms with Gasteiger partial charge in [0, 0.05) is 36.6 Å². The van der Waals surface area contributed by atoms with Crippen LogP contribution in [0, 0.1) is 0 Å². The molecule has 4 heteroatoms. The van der Waals surface area contributed by atoms with Crippen molar-refractivity contribution >= 4 is 0 Å². The highest BCUT2D eigenvalue weighted by atomic mass is 16.3. The molecule has 21 heavy (non-hydrogen) atoms. The van der Waals surface area contributed by atoms with Crippen molar-refractivity contribution in [3.8, 4) is 0 Å². The van der Waals surface area contributed by atoms with Gasteiger partial charge in [0.25, 0.3) is 0 Å². The number of furan rings is 1. The second-order valence-electron chi connectivity index (χ2n) is 6.56. The van der Waals surface area contributed by atoms with Gasteiger partial charge in [-0.2, -0.15) is 0 Å². The van der Waals surface area contributed by atoms with Crippen molar-refractivity contribution in [3.05, 3.63) is 53.7 Å². The zero-order chi connectivity index (χ0) is 15.3. The molecule has 1 N–H and O–H groups in total. The zero-order valence-electron chi connectivity index (χ0n) is 13.4. The van der Waals surface area contributed by atoms with E-state index in [-0.39, 0.29) is 5.54 Å². The smallest absolute Gasteiger partial charge is 0.118 e. The van der Waals surface area contributed by atoms with Crippen LogP contribution in [0.1, 0.15) is 37.7 Å². The predicted octanol–water partition coefficient (Wildman–Crippen LogP) is 3.19. The Bertz CT molecular complexity index is 543. The summed E-state index contributed by atoms with van der Waals surface area (Å²) in [6.07, 6.45) is 5.54. The summed E-state index contributed by atoms with van der Waals surface area (Å²) in [5.41, 5.74) is 2.52. The molecule has 2 rings (SSSR count). The third-order valence-corrected chi connectivity index (χ3v) is 3.13. The van der Waals surface area contributed by atoms with Crippen LogP contribution < -0.4 is 5.32 Å². The topological polar surface area (TPSA) is 41.3 Å². The number of hydrogen-bond donors (Lipinski definition) is 1. The van der Waals surface area contributed by atoms with E-state index in [0.29, 0.717) is 0 Å². The summed E-state index contributed by atoms with van der Waals surface area (Å²) in [5.74, 6) is 0.993. The first-order valence-corrected chi connectivity index (χ1v) is 7.31. The van der Waals surface area contributed by atoms with Crippen LogP contribution in [0.3, 0.4) is 0 Å². The zero-order valence-corrected chi connectivity index (χ0v) is 13.4. The van der Waals surface area contributed by atoms with E-state index in [0.717, 1.165) is 25.4 Å². The van der Waals surface area contributed by atoms with E-state index < -0.39 is 0 Å². The van der Waals surface area contributed by atoms with E-state index >= 15 is 0 Å². The van der Waals surface area contributed by atoms with E-state index in [2.05, 4.69) is 55.2 Å². The maximum atomic E-state index is 5.64. The first-order chi connectivity index (χ1) is 9.92. The minimum atomic E-state index is 0.120. The SMILES string of the molecule is CN(Cc1cccnc1)Cc1cc(CNC(C)(C)C)co1. The highest BCUT2D eigenvalue weighted by molar-refractivity contribution is 5.13. The maximum Gasteiger partial charge on any atom is 0.118 e. The molecule has 0 aromatic carbocycles. The fourth-order valence-electron chi connectivity index (χ4n) is 2.09. The molecule has 0 radical (unpaired) electrons. The fourth-order valence-corrected chi connectivity index (χ4v) is 2.09. The minimum Gasteiger partial charge on any atom is -0.468 e. The Morgan fingerprint density at radius 1 is 1.24 bits per heavy atom. The number of rotatable bonds is 6. The third kappa shape index (κ3) is 5.69. The summed E-state index contributed by atoms with van der Waals surface area (Å²) in [7, 11) is 2.09. The monoisotopic (exact) mass is 287 g/mol. The van der Waals surface area contributed by atoms with Gasteiger partial charge in [-0.05, 0) is 45.5 Å². The normalized spacial score (nSPS) is 12.0. The van der Waals surface area contributed by atoms with Gasteiger partial charge in [-0.15, -0.1) is 0 Å². The standard InChI is InChI=1S/C17H25N3O/c1-17(2,3)19-10-15-8-16(21-13-15)12-20(4)11-14-6-5-7-18-9-14/h5-9,13,19H,10-12H2,1-4H3. The summed E-state index contributed by atoms with van der Waals surface area (Å²) in [5, 5.41) is 3.46. The number of nitrogens with one attached hydrogen (secondary N) is 1. The molecule has 2 aromatic heterocycles. The number of aromatic nitrogens is 1. The highest BCUT2D eigenvalue weighted by Crippen LogP contribution is 2.12. The molecule has 0 bridgehead atoms. The summed E-state index contributed by atoms with van der Waals surface area (Å²) < 4.78 is 5.64. The number of nitrogens with zero attached hydrogens (tertiary/aromatic N) is 2. The van der Waals surface area contributed by atoms with Gasteiger partial charge in [0.15, 0.2) is 0 Å². The maximum absolute atomic E-state index is 5.64. The molecule has 0 fully saturated rings. The van der Waals surface area contributed by atoms with Gasteiger partial charge in [0.1, 0.15) is 5.76 Å². The Labute approximate surface area is 127 Å². The first-order valence-electron chi connectivity index (χ1n) is 7.31. The Hall–Kier alpha value is -1.65. The molecule has 0 saturated heterocycles. The molecule has 4 nitrogen and oxygen atoms in total. The van der Waals surface area contributed by atoms with Crippen molar-refractivity contribution in [2.24, 2.45) is 0 Å². The third-order valence-electron chi connectivity index (χ3n) is 3.13. The Kier molecular flexibility index (Phi) is 5.15. The molecule has 114 valence electrons. The molecule has 0 spiro atoms. The van der Waals surface area contributed by atoms with Crippen LogP contribution in [0.15, 0.2) is 41.3 Å². The van der Waals surface area contributed by atoms with Gasteiger partial charge in [-0.25, -0.2) is 0 Å². The highest BCUT2D eigenvalue weighted by Gasteiger charge is 2.11. The average Bonchev–Trinajstić information content (AvgIpc) is 2.84. The Balaban J connectivity index is 1.84. The van der Waals surface area contributed by atoms with Crippen molar-refractivity contribution in [3.63, 3.8) is 0 Å². The van der Waals surface area contributed by atoms with Crippen LogP contribution in [0.5, 0.6) is 0 Å². The molecule has 2 heterocycles. The van der Waals surface area contributed by atoms with Crippen LogP contribution in [0.4, 0.5) is 0 Å². The molecule has 0 amide bonds. The van der Waals surface area contributed by atoms with E-state index in [1.54, 1.807) is 6.20 Å². The summed E-state index contributed by atoms with van der Waals surface area (Å²) in [4.78, 5) is 6.36. The lowest BCUT2D eigenvalue weighted by atomic mass is 10.1. The van der Waals surface area contributed by atoms with Crippen LogP contribution in [0.25, 0.3) is 0 Å². The second-order valence-corrected chi connectivity index (χ2v) is 6.56. The van der Waals surface area contributed by atoms with Crippen molar-refractivity contribution in [2.45, 2.75) is 45.9 Å². The van der Waals surface area contributed by atoms with Crippen molar-refractivity contribution in [1.82, 2.24) is 15.2 Å². The Morgan fingerprint density at radius 3 is 2.71 bits per heavy atom. The van der Waals surface area contributed by atoms with Crippen LogP contribution in [-0.2, 0) is 19.6 Å². The van der Waals surface area contributed by atoms with Crippen LogP contribution in [-0.4, -0.2) is 22.5 Å². The van der Waals surface area contributed by atoms with E-state index in [4.69, 9.17) is 4.42 Å². The van der Waals surface area contributed by atoms with Crippen molar-refractivity contribution in [1.29, 1.82) is 0 Å². The van der Waals surface area contributed by atoms with Gasteiger partial charge >= 0.3 is 0 Å². The van der Waals surface area contributed by atoms with Crippen molar-refractivity contribution < 1.29 is 4.42 Å².